The number of aromatic nitrogens is 1. The highest BCUT2D eigenvalue weighted by atomic mass is 32.1. The molecule has 8 nitrogen and oxygen atoms in total. The van der Waals surface area contributed by atoms with Crippen LogP contribution in [0.1, 0.15) is 64.5 Å². The largest absolute Gasteiger partial charge is 0.395 e. The molecule has 0 saturated carbocycles. The zero-order valence-electron chi connectivity index (χ0n) is 20.5. The van der Waals surface area contributed by atoms with Gasteiger partial charge in [-0.15, -0.1) is 0 Å². The fraction of sp³-hybridized carbons (Fsp3) is 0.308. The summed E-state index contributed by atoms with van der Waals surface area (Å²) < 4.78 is 17.7. The van der Waals surface area contributed by atoms with Crippen LogP contribution in [0.4, 0.5) is 15.8 Å². The number of hydrogen-bond acceptors (Lipinski definition) is 6. The molecule has 36 heavy (non-hydrogen) atoms. The van der Waals surface area contributed by atoms with Gasteiger partial charge in [0, 0.05) is 12.2 Å². The number of anilines is 2. The van der Waals surface area contributed by atoms with E-state index in [1.807, 2.05) is 32.9 Å². The number of benzene rings is 2. The SMILES string of the molecule is CCc1ccc(N(C(=O)c2snc(C(N)=O)c2N)C(C(=O)NCCC(C)C)c2ccc(F)cc2)cc1. The van der Waals surface area contributed by atoms with Crippen molar-refractivity contribution in [3.8, 4) is 0 Å². The molecule has 0 aliphatic heterocycles. The van der Waals surface area contributed by atoms with Gasteiger partial charge in [0.25, 0.3) is 11.8 Å². The number of carbonyl (C=O) groups excluding carboxylic acids is 3. The van der Waals surface area contributed by atoms with Crippen LogP contribution in [0.5, 0.6) is 0 Å². The molecule has 0 saturated heterocycles. The van der Waals surface area contributed by atoms with Crippen molar-refractivity contribution in [3.63, 3.8) is 0 Å². The third kappa shape index (κ3) is 6.06. The van der Waals surface area contributed by atoms with Crippen molar-refractivity contribution >= 4 is 40.6 Å². The number of nitrogens with one attached hydrogen (secondary N) is 1. The molecule has 0 bridgehead atoms. The third-order valence-corrected chi connectivity index (χ3v) is 6.56. The van der Waals surface area contributed by atoms with E-state index < -0.39 is 29.6 Å². The predicted molar refractivity (Wildman–Crippen MR) is 139 cm³/mol. The molecule has 3 amide bonds. The van der Waals surface area contributed by atoms with Gasteiger partial charge in [0.05, 0.1) is 5.69 Å². The second-order valence-corrected chi connectivity index (χ2v) is 9.53. The Labute approximate surface area is 213 Å². The molecule has 0 aliphatic carbocycles. The van der Waals surface area contributed by atoms with Crippen molar-refractivity contribution in [1.29, 1.82) is 0 Å². The highest BCUT2D eigenvalue weighted by molar-refractivity contribution is 7.09. The molecule has 1 aromatic heterocycles. The van der Waals surface area contributed by atoms with Crippen LogP contribution in [0.3, 0.4) is 0 Å². The number of amides is 3. The van der Waals surface area contributed by atoms with E-state index in [1.54, 1.807) is 12.1 Å². The summed E-state index contributed by atoms with van der Waals surface area (Å²) in [7, 11) is 0. The molecule has 10 heteroatoms. The first-order valence-corrected chi connectivity index (χ1v) is 12.4. The number of nitrogen functional groups attached to an aromatic ring is 1. The first-order valence-electron chi connectivity index (χ1n) is 11.6. The molecular formula is C26H30FN5O3S. The summed E-state index contributed by atoms with van der Waals surface area (Å²) in [6, 6.07) is 11.5. The van der Waals surface area contributed by atoms with Crippen LogP contribution in [0, 0.1) is 11.7 Å². The van der Waals surface area contributed by atoms with Crippen molar-refractivity contribution in [2.45, 2.75) is 39.7 Å². The van der Waals surface area contributed by atoms with Crippen LogP contribution < -0.4 is 21.7 Å². The van der Waals surface area contributed by atoms with Crippen LogP contribution in [0.25, 0.3) is 0 Å². The number of primary amides is 1. The van der Waals surface area contributed by atoms with Crippen LogP contribution in [-0.4, -0.2) is 28.6 Å². The number of halogens is 1. The third-order valence-electron chi connectivity index (χ3n) is 5.71. The number of aryl methyl sites for hydroxylation is 1. The molecule has 1 atom stereocenters. The minimum Gasteiger partial charge on any atom is -0.395 e. The Balaban J connectivity index is 2.15. The second-order valence-electron chi connectivity index (χ2n) is 8.76. The van der Waals surface area contributed by atoms with Gasteiger partial charge < -0.3 is 16.8 Å². The van der Waals surface area contributed by atoms with Gasteiger partial charge in [0.2, 0.25) is 5.91 Å². The Kier molecular flexibility index (Phi) is 8.76. The molecule has 0 aliphatic rings. The molecular weight excluding hydrogens is 481 g/mol. The predicted octanol–water partition coefficient (Wildman–Crippen LogP) is 4.08. The van der Waals surface area contributed by atoms with Crippen LogP contribution >= 0.6 is 11.5 Å². The van der Waals surface area contributed by atoms with E-state index >= 15 is 0 Å². The van der Waals surface area contributed by atoms with E-state index in [0.29, 0.717) is 23.7 Å². The lowest BCUT2D eigenvalue weighted by atomic mass is 10.0. The monoisotopic (exact) mass is 511 g/mol. The van der Waals surface area contributed by atoms with E-state index in [1.165, 1.54) is 29.2 Å². The molecule has 3 aromatic rings. The highest BCUT2D eigenvalue weighted by Gasteiger charge is 2.36. The Bertz CT molecular complexity index is 1230. The van der Waals surface area contributed by atoms with Gasteiger partial charge in [0.15, 0.2) is 5.69 Å². The van der Waals surface area contributed by atoms with E-state index in [-0.39, 0.29) is 16.3 Å². The number of rotatable bonds is 10. The quantitative estimate of drug-likeness (QED) is 0.377. The molecule has 1 heterocycles. The zero-order valence-corrected chi connectivity index (χ0v) is 21.3. The van der Waals surface area contributed by atoms with Crippen LogP contribution in [0.2, 0.25) is 0 Å². The van der Waals surface area contributed by atoms with E-state index in [9.17, 15) is 18.8 Å². The average molecular weight is 512 g/mol. The van der Waals surface area contributed by atoms with Crippen molar-refractivity contribution in [2.24, 2.45) is 11.7 Å². The Morgan fingerprint density at radius 2 is 1.72 bits per heavy atom. The van der Waals surface area contributed by atoms with Gasteiger partial charge in [-0.1, -0.05) is 45.0 Å². The molecule has 0 radical (unpaired) electrons. The van der Waals surface area contributed by atoms with Crippen molar-refractivity contribution in [3.05, 3.63) is 76.0 Å². The molecule has 2 aromatic carbocycles. The van der Waals surface area contributed by atoms with Gasteiger partial charge in [0.1, 0.15) is 16.7 Å². The minimum atomic E-state index is -1.14. The highest BCUT2D eigenvalue weighted by Crippen LogP contribution is 2.33. The lowest BCUT2D eigenvalue weighted by molar-refractivity contribution is -0.122. The molecule has 3 rings (SSSR count). The smallest absolute Gasteiger partial charge is 0.273 e. The standard InChI is InChI=1S/C26H30FN5O3S/c1-4-16-5-11-19(12-6-16)32(26(35)23-20(28)21(24(29)33)31-36-23)22(17-7-9-18(27)10-8-17)25(34)30-14-13-15(2)3/h5-12,15,22H,4,13-14,28H2,1-3H3,(H2,29,33)(H,30,34). The summed E-state index contributed by atoms with van der Waals surface area (Å²) in [5.74, 6) is -2.04. The van der Waals surface area contributed by atoms with Gasteiger partial charge in [-0.25, -0.2) is 4.39 Å². The summed E-state index contributed by atoms with van der Waals surface area (Å²) >= 11 is 0.733. The number of hydrogen-bond donors (Lipinski definition) is 3. The molecule has 5 N–H and O–H groups in total. The summed E-state index contributed by atoms with van der Waals surface area (Å²) in [6.45, 7) is 6.49. The summed E-state index contributed by atoms with van der Waals surface area (Å²) in [5.41, 5.74) is 12.9. The van der Waals surface area contributed by atoms with Crippen LogP contribution in [-0.2, 0) is 11.2 Å². The Morgan fingerprint density at radius 3 is 2.25 bits per heavy atom. The first kappa shape index (κ1) is 26.8. The van der Waals surface area contributed by atoms with Gasteiger partial charge >= 0.3 is 0 Å². The maximum atomic E-state index is 13.9. The Hall–Kier alpha value is -3.79. The number of nitrogens with zero attached hydrogens (tertiary/aromatic N) is 2. The fourth-order valence-electron chi connectivity index (χ4n) is 3.66. The first-order chi connectivity index (χ1) is 17.1. The van der Waals surface area contributed by atoms with Crippen molar-refractivity contribution in [1.82, 2.24) is 9.69 Å². The van der Waals surface area contributed by atoms with E-state index in [2.05, 4.69) is 9.69 Å². The van der Waals surface area contributed by atoms with Gasteiger partial charge in [-0.05, 0) is 65.7 Å². The maximum Gasteiger partial charge on any atom is 0.273 e. The average Bonchev–Trinajstić information content (AvgIpc) is 3.24. The maximum absolute atomic E-state index is 13.9. The topological polar surface area (TPSA) is 131 Å². The fourth-order valence-corrected chi connectivity index (χ4v) is 4.40. The second kappa shape index (κ2) is 11.8. The normalized spacial score (nSPS) is 11.8. The van der Waals surface area contributed by atoms with E-state index in [4.69, 9.17) is 11.5 Å². The molecule has 0 spiro atoms. The van der Waals surface area contributed by atoms with Crippen molar-refractivity contribution < 1.29 is 18.8 Å². The zero-order chi connectivity index (χ0) is 26.4. The summed E-state index contributed by atoms with van der Waals surface area (Å²) in [4.78, 5) is 40.5. The molecule has 1 unspecified atom stereocenters. The minimum absolute atomic E-state index is 0.0227. The molecule has 0 fully saturated rings. The van der Waals surface area contributed by atoms with Gasteiger partial charge in [-0.3, -0.25) is 19.3 Å². The lowest BCUT2D eigenvalue weighted by Gasteiger charge is -2.31. The number of nitrogens with two attached hydrogens (primary N) is 2. The lowest BCUT2D eigenvalue weighted by Crippen LogP contribution is -2.44. The van der Waals surface area contributed by atoms with Gasteiger partial charge in [-0.2, -0.15) is 4.37 Å². The van der Waals surface area contributed by atoms with Crippen molar-refractivity contribution in [2.75, 3.05) is 17.2 Å². The summed E-state index contributed by atoms with van der Waals surface area (Å²) in [6.07, 6.45) is 1.53. The Morgan fingerprint density at radius 1 is 1.08 bits per heavy atom. The van der Waals surface area contributed by atoms with E-state index in [0.717, 1.165) is 29.9 Å². The summed E-state index contributed by atoms with van der Waals surface area (Å²) in [5, 5.41) is 2.90. The number of carbonyl (C=O) groups is 3. The van der Waals surface area contributed by atoms with Crippen LogP contribution in [0.15, 0.2) is 48.5 Å². The molecule has 190 valence electrons.